The van der Waals surface area contributed by atoms with Crippen molar-refractivity contribution in [1.82, 2.24) is 20.1 Å². The number of H-pyrrole nitrogens is 1. The van der Waals surface area contributed by atoms with Gasteiger partial charge in [0.15, 0.2) is 0 Å². The summed E-state index contributed by atoms with van der Waals surface area (Å²) in [5.41, 5.74) is -1.35. The van der Waals surface area contributed by atoms with Crippen LogP contribution in [0.3, 0.4) is 0 Å². The molecule has 1 heterocycles. The van der Waals surface area contributed by atoms with E-state index in [-0.39, 0.29) is 19.4 Å². The van der Waals surface area contributed by atoms with Crippen molar-refractivity contribution in [2.24, 2.45) is 5.41 Å². The second-order valence-corrected chi connectivity index (χ2v) is 4.19. The van der Waals surface area contributed by atoms with Gasteiger partial charge in [0.05, 0.1) is 6.54 Å². The van der Waals surface area contributed by atoms with Crippen LogP contribution >= 0.6 is 0 Å². The van der Waals surface area contributed by atoms with Crippen LogP contribution in [0, 0.1) is 5.41 Å². The summed E-state index contributed by atoms with van der Waals surface area (Å²) in [7, 11) is 1.56. The molecule has 0 atom stereocenters. The van der Waals surface area contributed by atoms with Gasteiger partial charge in [-0.2, -0.15) is 5.10 Å². The summed E-state index contributed by atoms with van der Waals surface area (Å²) in [5.74, 6) is -0.962. The van der Waals surface area contributed by atoms with Crippen molar-refractivity contribution in [1.29, 1.82) is 0 Å². The normalized spacial score (nSPS) is 11.3. The van der Waals surface area contributed by atoms with Crippen LogP contribution in [0.5, 0.6) is 0 Å². The van der Waals surface area contributed by atoms with Crippen LogP contribution in [-0.4, -0.2) is 44.1 Å². The van der Waals surface area contributed by atoms with Crippen molar-refractivity contribution in [2.45, 2.75) is 33.2 Å². The average molecular weight is 254 g/mol. The zero-order valence-electron chi connectivity index (χ0n) is 10.8. The third-order valence-corrected chi connectivity index (χ3v) is 3.22. The first kappa shape index (κ1) is 14.1. The first-order chi connectivity index (χ1) is 8.47. The number of aromatic amines is 1. The molecule has 1 aromatic rings. The molecule has 0 radical (unpaired) electrons. The predicted octanol–water partition coefficient (Wildman–Crippen LogP) is 0.654. The van der Waals surface area contributed by atoms with E-state index in [2.05, 4.69) is 15.2 Å². The fourth-order valence-electron chi connectivity index (χ4n) is 1.92. The summed E-state index contributed by atoms with van der Waals surface area (Å²) in [6.07, 6.45) is 1.87. The zero-order chi connectivity index (χ0) is 13.8. The summed E-state index contributed by atoms with van der Waals surface area (Å²) in [6, 6.07) is 0. The summed E-state index contributed by atoms with van der Waals surface area (Å²) < 4.78 is 0. The van der Waals surface area contributed by atoms with Crippen LogP contribution in [0.15, 0.2) is 6.33 Å². The van der Waals surface area contributed by atoms with Crippen LogP contribution in [0.2, 0.25) is 0 Å². The highest BCUT2D eigenvalue weighted by Crippen LogP contribution is 2.29. The molecular weight excluding hydrogens is 236 g/mol. The molecule has 0 aliphatic rings. The van der Waals surface area contributed by atoms with Crippen molar-refractivity contribution in [3.8, 4) is 0 Å². The van der Waals surface area contributed by atoms with Gasteiger partial charge in [-0.15, -0.1) is 0 Å². The number of hydrogen-bond acceptors (Lipinski definition) is 4. The van der Waals surface area contributed by atoms with Crippen LogP contribution in [0.1, 0.15) is 32.5 Å². The fraction of sp³-hybridized carbons (Fsp3) is 0.636. The highest BCUT2D eigenvalue weighted by atomic mass is 16.4. The van der Waals surface area contributed by atoms with E-state index in [0.29, 0.717) is 5.82 Å². The first-order valence-corrected chi connectivity index (χ1v) is 5.81. The lowest BCUT2D eigenvalue weighted by Gasteiger charge is -2.30. The number of carboxylic acid groups (broad SMARTS) is 1. The third kappa shape index (κ3) is 2.49. The molecule has 7 heteroatoms. The second kappa shape index (κ2) is 5.61. The Morgan fingerprint density at radius 1 is 1.44 bits per heavy atom. The van der Waals surface area contributed by atoms with Crippen molar-refractivity contribution in [3.05, 3.63) is 12.2 Å². The molecule has 0 aliphatic heterocycles. The lowest BCUT2D eigenvalue weighted by molar-refractivity contribution is -0.161. The SMILES string of the molecule is CCC(CC)(C(=O)O)C(=O)N(C)Cc1ncn[nH]1. The van der Waals surface area contributed by atoms with E-state index in [1.807, 2.05) is 0 Å². The molecule has 0 unspecified atom stereocenters. The number of aromatic nitrogens is 3. The highest BCUT2D eigenvalue weighted by Gasteiger charge is 2.44. The predicted molar refractivity (Wildman–Crippen MR) is 63.5 cm³/mol. The molecular formula is C11H18N4O3. The molecule has 0 saturated carbocycles. The Kier molecular flexibility index (Phi) is 4.41. The number of amides is 1. The van der Waals surface area contributed by atoms with E-state index in [4.69, 9.17) is 0 Å². The van der Waals surface area contributed by atoms with Gasteiger partial charge in [0.1, 0.15) is 17.6 Å². The molecule has 0 bridgehead atoms. The number of nitrogens with one attached hydrogen (secondary N) is 1. The Morgan fingerprint density at radius 3 is 2.44 bits per heavy atom. The van der Waals surface area contributed by atoms with Crippen LogP contribution in [0.4, 0.5) is 0 Å². The molecule has 1 aromatic heterocycles. The van der Waals surface area contributed by atoms with Gasteiger partial charge in [0, 0.05) is 7.05 Å². The van der Waals surface area contributed by atoms with Crippen molar-refractivity contribution in [3.63, 3.8) is 0 Å². The molecule has 0 fully saturated rings. The molecule has 0 aromatic carbocycles. The molecule has 0 spiro atoms. The number of carbonyl (C=O) groups excluding carboxylic acids is 1. The number of hydrogen-bond donors (Lipinski definition) is 2. The van der Waals surface area contributed by atoms with Gasteiger partial charge in [-0.1, -0.05) is 13.8 Å². The zero-order valence-corrected chi connectivity index (χ0v) is 10.8. The van der Waals surface area contributed by atoms with Gasteiger partial charge in [-0.3, -0.25) is 14.7 Å². The van der Waals surface area contributed by atoms with Crippen LogP contribution < -0.4 is 0 Å². The quantitative estimate of drug-likeness (QED) is 0.726. The minimum absolute atomic E-state index is 0.216. The Morgan fingerprint density at radius 2 is 2.06 bits per heavy atom. The third-order valence-electron chi connectivity index (χ3n) is 3.22. The maximum atomic E-state index is 12.3. The molecule has 18 heavy (non-hydrogen) atoms. The Bertz CT molecular complexity index is 412. The smallest absolute Gasteiger partial charge is 0.319 e. The Balaban J connectivity index is 2.86. The van der Waals surface area contributed by atoms with Crippen molar-refractivity contribution in [2.75, 3.05) is 7.05 Å². The van der Waals surface area contributed by atoms with Gasteiger partial charge < -0.3 is 10.0 Å². The largest absolute Gasteiger partial charge is 0.480 e. The first-order valence-electron chi connectivity index (χ1n) is 5.81. The van der Waals surface area contributed by atoms with E-state index in [0.717, 1.165) is 0 Å². The minimum Gasteiger partial charge on any atom is -0.480 e. The summed E-state index contributed by atoms with van der Waals surface area (Å²) in [6.45, 7) is 3.63. The standard InChI is InChI=1S/C11H18N4O3/c1-4-11(5-2,10(17)18)9(16)15(3)6-8-12-7-13-14-8/h7H,4-6H2,1-3H3,(H,17,18)(H,12,13,14). The lowest BCUT2D eigenvalue weighted by atomic mass is 9.81. The molecule has 2 N–H and O–H groups in total. The van der Waals surface area contributed by atoms with Gasteiger partial charge in [0.2, 0.25) is 5.91 Å². The van der Waals surface area contributed by atoms with Gasteiger partial charge in [-0.05, 0) is 12.8 Å². The van der Waals surface area contributed by atoms with E-state index in [9.17, 15) is 14.7 Å². The number of carboxylic acids is 1. The van der Waals surface area contributed by atoms with Gasteiger partial charge >= 0.3 is 5.97 Å². The number of nitrogens with zero attached hydrogens (tertiary/aromatic N) is 3. The molecule has 0 aliphatic carbocycles. The number of carbonyl (C=O) groups is 2. The van der Waals surface area contributed by atoms with E-state index in [1.165, 1.54) is 11.2 Å². The molecule has 1 amide bonds. The monoisotopic (exact) mass is 254 g/mol. The molecule has 100 valence electrons. The lowest BCUT2D eigenvalue weighted by Crippen LogP contribution is -2.46. The Labute approximate surface area is 105 Å². The molecule has 1 rings (SSSR count). The van der Waals surface area contributed by atoms with E-state index < -0.39 is 17.3 Å². The summed E-state index contributed by atoms with van der Waals surface area (Å²) in [4.78, 5) is 28.9. The summed E-state index contributed by atoms with van der Waals surface area (Å²) in [5, 5.41) is 15.6. The second-order valence-electron chi connectivity index (χ2n) is 4.19. The van der Waals surface area contributed by atoms with Crippen molar-refractivity contribution < 1.29 is 14.7 Å². The molecule has 0 saturated heterocycles. The topological polar surface area (TPSA) is 99.2 Å². The fourth-order valence-corrected chi connectivity index (χ4v) is 1.92. The molecule has 7 nitrogen and oxygen atoms in total. The summed E-state index contributed by atoms with van der Waals surface area (Å²) >= 11 is 0. The number of aliphatic carboxylic acids is 1. The average Bonchev–Trinajstić information content (AvgIpc) is 2.83. The van der Waals surface area contributed by atoms with Crippen LogP contribution in [-0.2, 0) is 16.1 Å². The van der Waals surface area contributed by atoms with Crippen LogP contribution in [0.25, 0.3) is 0 Å². The maximum absolute atomic E-state index is 12.3. The highest BCUT2D eigenvalue weighted by molar-refractivity contribution is 6.01. The van der Waals surface area contributed by atoms with Crippen molar-refractivity contribution >= 4 is 11.9 Å². The van der Waals surface area contributed by atoms with E-state index >= 15 is 0 Å². The number of rotatable bonds is 6. The van der Waals surface area contributed by atoms with Gasteiger partial charge in [-0.25, -0.2) is 4.98 Å². The minimum atomic E-state index is -1.35. The maximum Gasteiger partial charge on any atom is 0.319 e. The van der Waals surface area contributed by atoms with Gasteiger partial charge in [0.25, 0.3) is 0 Å². The van der Waals surface area contributed by atoms with E-state index in [1.54, 1.807) is 20.9 Å². The Hall–Kier alpha value is -1.92.